The van der Waals surface area contributed by atoms with Gasteiger partial charge in [-0.3, -0.25) is 0 Å². The summed E-state index contributed by atoms with van der Waals surface area (Å²) in [6, 6.07) is 0. The van der Waals surface area contributed by atoms with Gasteiger partial charge < -0.3 is 12.8 Å². The SMILES string of the molecule is C=CC/C=C/C/C=C/CCCCCCC.CCC/C=C/C/C=C/CCCCCCC.CCCCCC/C=C/CCCCCCC.CCCCCCCCCCCCCCC.CCCCCCC[CH-]C(C)C[CH-]C(C)CCC.[Y].[Y]. The zero-order chi connectivity index (χ0) is 57.7. The van der Waals surface area contributed by atoms with Crippen LogP contribution in [0.3, 0.4) is 0 Å². The van der Waals surface area contributed by atoms with Gasteiger partial charge in [-0.15, -0.1) is 6.58 Å². The maximum absolute atomic E-state index is 3.67. The van der Waals surface area contributed by atoms with Crippen LogP contribution in [0, 0.1) is 24.7 Å². The molecule has 0 rings (SSSR count). The van der Waals surface area contributed by atoms with Crippen molar-refractivity contribution in [2.24, 2.45) is 11.8 Å². The smallest absolute Gasteiger partial charge is 0 e. The molecule has 0 bridgehead atoms. The largest absolute Gasteiger partial charge is 0.328 e. The summed E-state index contributed by atoms with van der Waals surface area (Å²) in [4.78, 5) is 0. The molecule has 466 valence electrons. The van der Waals surface area contributed by atoms with Crippen LogP contribution in [0.5, 0.6) is 0 Å². The molecule has 0 saturated carbocycles. The molecule has 0 N–H and O–H groups in total. The van der Waals surface area contributed by atoms with Crippen LogP contribution in [-0.4, -0.2) is 0 Å². The van der Waals surface area contributed by atoms with Crippen molar-refractivity contribution in [2.45, 2.75) is 397 Å². The van der Waals surface area contributed by atoms with Crippen molar-refractivity contribution in [3.63, 3.8) is 0 Å². The first kappa shape index (κ1) is 93.3. The Morgan fingerprint density at radius 3 is 0.848 bits per heavy atom. The van der Waals surface area contributed by atoms with Crippen LogP contribution in [0.15, 0.2) is 73.4 Å². The van der Waals surface area contributed by atoms with Gasteiger partial charge in [-0.2, -0.15) is 18.3 Å². The molecule has 0 aromatic rings. The van der Waals surface area contributed by atoms with Crippen molar-refractivity contribution >= 4 is 0 Å². The number of rotatable bonds is 55. The summed E-state index contributed by atoms with van der Waals surface area (Å²) in [5.41, 5.74) is 0. The molecular formula is C77H150Y2-2. The second-order valence-corrected chi connectivity index (χ2v) is 23.1. The Kier molecular flexibility index (Phi) is 116. The van der Waals surface area contributed by atoms with Crippen molar-refractivity contribution < 1.29 is 65.4 Å². The minimum Gasteiger partial charge on any atom is -0.328 e. The molecule has 0 heterocycles. The third-order valence-electron chi connectivity index (χ3n) is 14.5. The predicted molar refractivity (Wildman–Crippen MR) is 365 cm³/mol. The zero-order valence-electron chi connectivity index (χ0n) is 56.9. The number of allylic oxidation sites excluding steroid dienone is 11. The zero-order valence-corrected chi connectivity index (χ0v) is 62.6. The molecular weight excluding hydrogens is 1100 g/mol. The second kappa shape index (κ2) is 97.8. The van der Waals surface area contributed by atoms with E-state index in [-0.39, 0.29) is 65.4 Å². The standard InChI is InChI=1S/C17H34.C15H32.C15H30.C15H28.C15H26.2Y/c1-5-7-8-9-10-11-13-17(4)15-14-16(3)12-6-2;4*1-3-5-7-9-11-13-15-14-12-10-8-6-4-2;;/h13-14,16-17H,5-12,15H2,1-4H3;3-15H2,1-2H3;13,15H,3-12,14H2,1-2H3;7,9,13,15H,3-6,8,10-12,14H2,1-2H3;3,7,9,13,15H,1,4-6,8,10-12,14H2,2H3;;/q-2;;;;;;/b;;15-13+;2*9-7+,15-13+;;. The number of unbranched alkanes of at least 4 members (excludes halogenated alkanes) is 37. The van der Waals surface area contributed by atoms with E-state index in [1.165, 1.54) is 302 Å². The maximum Gasteiger partial charge on any atom is 0 e. The van der Waals surface area contributed by atoms with Crippen molar-refractivity contribution in [1.29, 1.82) is 0 Å². The Labute approximate surface area is 555 Å². The van der Waals surface area contributed by atoms with Crippen LogP contribution < -0.4 is 0 Å². The average molecular weight is 1250 g/mol. The van der Waals surface area contributed by atoms with Crippen LogP contribution in [0.25, 0.3) is 0 Å². The predicted octanol–water partition coefficient (Wildman–Crippen LogP) is 29.3. The van der Waals surface area contributed by atoms with Crippen molar-refractivity contribution in [3.8, 4) is 0 Å². The number of hydrogen-bond acceptors (Lipinski definition) is 0. The summed E-state index contributed by atoms with van der Waals surface area (Å²) in [5, 5.41) is 0. The number of hydrogen-bond donors (Lipinski definition) is 0. The topological polar surface area (TPSA) is 0 Å². The third-order valence-corrected chi connectivity index (χ3v) is 14.5. The molecule has 0 aromatic heterocycles. The average Bonchev–Trinajstić information content (AvgIpc) is 3.44. The van der Waals surface area contributed by atoms with Gasteiger partial charge in [0.2, 0.25) is 0 Å². The first-order valence-corrected chi connectivity index (χ1v) is 35.4. The van der Waals surface area contributed by atoms with Gasteiger partial charge in [-0.05, 0) is 77.0 Å². The molecule has 0 aliphatic carbocycles. The summed E-state index contributed by atoms with van der Waals surface area (Å²) >= 11 is 0. The Balaban J connectivity index is -0.000000163. The molecule has 0 nitrogen and oxygen atoms in total. The molecule has 2 heteroatoms. The second-order valence-electron chi connectivity index (χ2n) is 23.1. The van der Waals surface area contributed by atoms with E-state index in [1.807, 2.05) is 6.08 Å². The van der Waals surface area contributed by atoms with Crippen LogP contribution in [0.4, 0.5) is 0 Å². The molecule has 0 saturated heterocycles. The quantitative estimate of drug-likeness (QED) is 0.0323. The fraction of sp³-hybridized carbons (Fsp3) is 0.818. The Morgan fingerprint density at radius 2 is 0.532 bits per heavy atom. The molecule has 2 unspecified atom stereocenters. The molecule has 0 amide bonds. The van der Waals surface area contributed by atoms with Crippen molar-refractivity contribution in [2.75, 3.05) is 0 Å². The monoisotopic (exact) mass is 1250 g/mol. The van der Waals surface area contributed by atoms with Gasteiger partial charge in [0.15, 0.2) is 0 Å². The van der Waals surface area contributed by atoms with Crippen molar-refractivity contribution in [3.05, 3.63) is 86.3 Å². The summed E-state index contributed by atoms with van der Waals surface area (Å²) in [7, 11) is 0. The normalized spacial score (nSPS) is 11.8. The van der Waals surface area contributed by atoms with E-state index in [0.29, 0.717) is 0 Å². The van der Waals surface area contributed by atoms with Gasteiger partial charge in [0.1, 0.15) is 0 Å². The summed E-state index contributed by atoms with van der Waals surface area (Å²) in [6.45, 7) is 28.8. The minimum absolute atomic E-state index is 0. The Bertz CT molecular complexity index is 1080. The summed E-state index contributed by atoms with van der Waals surface area (Å²) in [6.07, 6.45) is 98.3. The van der Waals surface area contributed by atoms with Gasteiger partial charge in [0, 0.05) is 65.4 Å². The maximum atomic E-state index is 3.67. The van der Waals surface area contributed by atoms with E-state index in [0.717, 1.165) is 31.1 Å². The molecule has 2 atom stereocenters. The molecule has 0 aromatic carbocycles. The molecule has 79 heavy (non-hydrogen) atoms. The van der Waals surface area contributed by atoms with E-state index in [1.54, 1.807) is 0 Å². The van der Waals surface area contributed by atoms with E-state index >= 15 is 0 Å². The molecule has 0 spiro atoms. The summed E-state index contributed by atoms with van der Waals surface area (Å²) < 4.78 is 0. The van der Waals surface area contributed by atoms with E-state index < -0.39 is 0 Å². The fourth-order valence-electron chi connectivity index (χ4n) is 9.13. The van der Waals surface area contributed by atoms with E-state index in [2.05, 4.69) is 156 Å². The Morgan fingerprint density at radius 1 is 0.266 bits per heavy atom. The van der Waals surface area contributed by atoms with Gasteiger partial charge in [-0.25, -0.2) is 6.42 Å². The Hall–Kier alpha value is 0.648. The summed E-state index contributed by atoms with van der Waals surface area (Å²) in [5.74, 6) is 1.58. The molecule has 0 aliphatic heterocycles. The minimum atomic E-state index is 0. The van der Waals surface area contributed by atoms with E-state index in [9.17, 15) is 0 Å². The molecule has 0 fully saturated rings. The molecule has 2 radical (unpaired) electrons. The van der Waals surface area contributed by atoms with Gasteiger partial charge in [-0.1, -0.05) is 374 Å². The van der Waals surface area contributed by atoms with E-state index in [4.69, 9.17) is 0 Å². The first-order chi connectivity index (χ1) is 37.9. The van der Waals surface area contributed by atoms with Gasteiger partial charge in [0.05, 0.1) is 0 Å². The van der Waals surface area contributed by atoms with Crippen LogP contribution in [-0.2, 0) is 65.4 Å². The molecule has 0 aliphatic rings. The third kappa shape index (κ3) is 111. The van der Waals surface area contributed by atoms with Crippen molar-refractivity contribution in [1.82, 2.24) is 0 Å². The van der Waals surface area contributed by atoms with Gasteiger partial charge >= 0.3 is 0 Å². The van der Waals surface area contributed by atoms with Crippen LogP contribution in [0.1, 0.15) is 397 Å². The van der Waals surface area contributed by atoms with Gasteiger partial charge in [0.25, 0.3) is 0 Å². The van der Waals surface area contributed by atoms with Crippen LogP contribution in [0.2, 0.25) is 0 Å². The van der Waals surface area contributed by atoms with Crippen LogP contribution >= 0.6 is 0 Å². The fourth-order valence-corrected chi connectivity index (χ4v) is 9.13. The first-order valence-electron chi connectivity index (χ1n) is 35.4.